The van der Waals surface area contributed by atoms with Crippen molar-refractivity contribution in [3.8, 4) is 0 Å². The molecule has 2 aromatic heterocycles. The van der Waals surface area contributed by atoms with E-state index in [9.17, 15) is 19.8 Å². The first-order valence-electron chi connectivity index (χ1n) is 18.9. The van der Waals surface area contributed by atoms with Crippen LogP contribution in [0.2, 0.25) is 0 Å². The Balaban J connectivity index is 1.37. The molecular formula is C43H54N2O11. The summed E-state index contributed by atoms with van der Waals surface area (Å²) in [6.07, 6.45) is 24.1. The van der Waals surface area contributed by atoms with Crippen molar-refractivity contribution in [2.45, 2.75) is 116 Å². The first kappa shape index (κ1) is 42.5. The van der Waals surface area contributed by atoms with Crippen LogP contribution in [-0.2, 0) is 30.1 Å². The summed E-state index contributed by atoms with van der Waals surface area (Å²) >= 11 is 0. The lowest BCUT2D eigenvalue weighted by Gasteiger charge is -2.36. The van der Waals surface area contributed by atoms with Crippen LogP contribution in [0.15, 0.2) is 100 Å². The number of hydrogen-bond acceptors (Lipinski definition) is 13. The normalized spacial score (nSPS) is 30.9. The molecule has 302 valence electrons. The van der Waals surface area contributed by atoms with E-state index in [-0.39, 0.29) is 54.0 Å². The molecule has 2 aromatic rings. The van der Waals surface area contributed by atoms with Gasteiger partial charge >= 0.3 is 11.9 Å². The molecule has 13 heteroatoms. The van der Waals surface area contributed by atoms with Gasteiger partial charge in [-0.15, -0.1) is 0 Å². The zero-order valence-electron chi connectivity index (χ0n) is 33.0. The van der Waals surface area contributed by atoms with Crippen molar-refractivity contribution < 1.29 is 52.3 Å². The van der Waals surface area contributed by atoms with Crippen LogP contribution in [0.3, 0.4) is 0 Å². The van der Waals surface area contributed by atoms with Crippen molar-refractivity contribution in [2.75, 3.05) is 7.11 Å². The monoisotopic (exact) mass is 774 g/mol. The van der Waals surface area contributed by atoms with Crippen molar-refractivity contribution >= 4 is 18.0 Å². The van der Waals surface area contributed by atoms with E-state index >= 15 is 0 Å². The third-order valence-electron chi connectivity index (χ3n) is 10.2. The topological polar surface area (TPSA) is 179 Å². The highest BCUT2D eigenvalue weighted by atomic mass is 16.6. The number of epoxide rings is 2. The molecule has 0 radical (unpaired) electrons. The Bertz CT molecular complexity index is 1840. The number of cyclic esters (lactones) is 2. The summed E-state index contributed by atoms with van der Waals surface area (Å²) in [5, 5.41) is 21.9. The first-order valence-corrected chi connectivity index (χ1v) is 18.9. The molecule has 13 nitrogen and oxygen atoms in total. The smallest absolute Gasteiger partial charge is 0.360 e. The molecule has 5 rings (SSSR count). The van der Waals surface area contributed by atoms with Gasteiger partial charge in [0, 0.05) is 36.9 Å². The lowest BCUT2D eigenvalue weighted by molar-refractivity contribution is -0.0461. The van der Waals surface area contributed by atoms with E-state index in [1.807, 2.05) is 84.1 Å². The minimum Gasteiger partial charge on any atom is -0.457 e. The summed E-state index contributed by atoms with van der Waals surface area (Å²) < 4.78 is 40.3. The van der Waals surface area contributed by atoms with Crippen LogP contribution in [0, 0.1) is 10.8 Å². The average molecular weight is 775 g/mol. The number of hydrogen-bond donors (Lipinski definition) is 2. The Morgan fingerprint density at radius 3 is 1.80 bits per heavy atom. The van der Waals surface area contributed by atoms with Gasteiger partial charge in [-0.05, 0) is 13.8 Å². The predicted molar refractivity (Wildman–Crippen MR) is 207 cm³/mol. The maximum atomic E-state index is 13.4. The average Bonchev–Trinajstić information content (AvgIpc) is 3.96. The van der Waals surface area contributed by atoms with Crippen LogP contribution in [0.1, 0.15) is 87.1 Å². The Kier molecular flexibility index (Phi) is 14.4. The molecule has 5 unspecified atom stereocenters. The SMILES string of the molecule is C/C=C/C(O)C(C)(C)C1C/C=C\[C@@H]2O[C@@H]2/C=C/C(OC)Cc2nc(co2)C(=O)OC(C(C)(C)C(O)/C=C/C)C/C=C\[C@H]2O[C@H]2/C=C/C=C/c2nc(co2)C(=O)O1. The van der Waals surface area contributed by atoms with Crippen molar-refractivity contribution in [1.29, 1.82) is 0 Å². The molecule has 56 heavy (non-hydrogen) atoms. The molecule has 0 aromatic carbocycles. The summed E-state index contributed by atoms with van der Waals surface area (Å²) in [7, 11) is 1.56. The highest BCUT2D eigenvalue weighted by molar-refractivity contribution is 5.87. The number of esters is 2. The lowest BCUT2D eigenvalue weighted by atomic mass is 9.79. The van der Waals surface area contributed by atoms with E-state index in [1.54, 1.807) is 49.6 Å². The first-order chi connectivity index (χ1) is 26.8. The number of aromatic nitrogens is 2. The van der Waals surface area contributed by atoms with Crippen molar-refractivity contribution in [3.63, 3.8) is 0 Å². The molecule has 3 aliphatic heterocycles. The molecule has 2 fully saturated rings. The van der Waals surface area contributed by atoms with Gasteiger partial charge in [-0.25, -0.2) is 19.6 Å². The molecule has 4 bridgehead atoms. The third-order valence-corrected chi connectivity index (χ3v) is 10.2. The van der Waals surface area contributed by atoms with Crippen LogP contribution < -0.4 is 0 Å². The summed E-state index contributed by atoms with van der Waals surface area (Å²) in [6.45, 7) is 11.0. The van der Waals surface area contributed by atoms with Crippen molar-refractivity contribution in [1.82, 2.24) is 9.97 Å². The largest absolute Gasteiger partial charge is 0.457 e. The zero-order chi connectivity index (χ0) is 40.5. The molecule has 5 heterocycles. The second-order valence-electron chi connectivity index (χ2n) is 15.1. The van der Waals surface area contributed by atoms with Gasteiger partial charge in [0.2, 0.25) is 5.89 Å². The number of allylic oxidation sites excluding steroid dienone is 4. The quantitative estimate of drug-likeness (QED) is 0.178. The number of carbonyl (C=O) groups excluding carboxylic acids is 2. The van der Waals surface area contributed by atoms with E-state index in [2.05, 4.69) is 9.97 Å². The van der Waals surface area contributed by atoms with Crippen LogP contribution >= 0.6 is 0 Å². The molecule has 2 saturated heterocycles. The highest BCUT2D eigenvalue weighted by Gasteiger charge is 2.41. The second-order valence-corrected chi connectivity index (χ2v) is 15.1. The Hall–Kier alpha value is -4.66. The summed E-state index contributed by atoms with van der Waals surface area (Å²) in [5.41, 5.74) is -1.68. The Labute approximate surface area is 328 Å². The van der Waals surface area contributed by atoms with Gasteiger partial charge in [-0.1, -0.05) is 107 Å². The third kappa shape index (κ3) is 11.2. The minimum atomic E-state index is -0.884. The van der Waals surface area contributed by atoms with Crippen LogP contribution in [0.4, 0.5) is 0 Å². The van der Waals surface area contributed by atoms with E-state index in [4.69, 9.17) is 32.5 Å². The number of aliphatic hydroxyl groups is 2. The second kappa shape index (κ2) is 19.0. The van der Waals surface area contributed by atoms with Gasteiger partial charge in [0.1, 0.15) is 49.2 Å². The standard InChI is InChI=1S/C43H54N2O11/c1-8-14-34(46)42(3,4)36-20-13-18-32-33(54-32)23-22-27(50-7)24-39-45-29(26-52-39)41(49)56-37(43(5,6)35(47)15-9-2)19-12-17-31-30(53-31)16-10-11-21-38-44-28(25-51-38)40(48)55-36/h8-18,21-23,25-27,30-37,46-47H,19-20,24H2,1-7H3/b14-8+,15-9+,16-10+,17-12-,18-13-,21-11+,23-22+/t27?,30-,31+,32-,33+,34?,35?,36?,37?/m0/s1. The maximum absolute atomic E-state index is 13.4. The van der Waals surface area contributed by atoms with Gasteiger partial charge in [-0.3, -0.25) is 0 Å². The number of rotatable bonds is 7. The van der Waals surface area contributed by atoms with Crippen molar-refractivity contribution in [2.24, 2.45) is 10.8 Å². The molecule has 2 N–H and O–H groups in total. The van der Waals surface area contributed by atoms with Crippen LogP contribution in [-0.4, -0.2) is 94.2 Å². The van der Waals surface area contributed by atoms with E-state index in [0.29, 0.717) is 12.8 Å². The number of methoxy groups -OCH3 is 1. The highest BCUT2D eigenvalue weighted by Crippen LogP contribution is 2.35. The maximum Gasteiger partial charge on any atom is 0.360 e. The van der Waals surface area contributed by atoms with E-state index in [1.165, 1.54) is 12.5 Å². The molecule has 0 aliphatic carbocycles. The molecule has 0 saturated carbocycles. The van der Waals surface area contributed by atoms with Crippen LogP contribution in [0.25, 0.3) is 6.08 Å². The molecule has 0 spiro atoms. The lowest BCUT2D eigenvalue weighted by Crippen LogP contribution is -2.42. The molecule has 3 aliphatic rings. The van der Waals surface area contributed by atoms with Gasteiger partial charge < -0.3 is 42.7 Å². The van der Waals surface area contributed by atoms with Gasteiger partial charge in [0.05, 0.1) is 24.7 Å². The predicted octanol–water partition coefficient (Wildman–Crippen LogP) is 6.46. The molecule has 0 amide bonds. The summed E-state index contributed by atoms with van der Waals surface area (Å²) in [5.74, 6) is -0.844. The summed E-state index contributed by atoms with van der Waals surface area (Å²) in [6, 6.07) is 0. The van der Waals surface area contributed by atoms with Gasteiger partial charge in [0.25, 0.3) is 0 Å². The number of ether oxygens (including phenoxy) is 5. The number of oxazole rings is 2. The van der Waals surface area contributed by atoms with Crippen LogP contribution in [0.5, 0.6) is 0 Å². The molecule has 9 atom stereocenters. The summed E-state index contributed by atoms with van der Waals surface area (Å²) in [4.78, 5) is 35.3. The fraction of sp³-hybridized carbons (Fsp3) is 0.488. The fourth-order valence-electron chi connectivity index (χ4n) is 6.10. The van der Waals surface area contributed by atoms with Gasteiger partial charge in [0.15, 0.2) is 17.3 Å². The van der Waals surface area contributed by atoms with Gasteiger partial charge in [-0.2, -0.15) is 0 Å². The molecular weight excluding hydrogens is 720 g/mol. The van der Waals surface area contributed by atoms with E-state index in [0.717, 1.165) is 0 Å². The fourth-order valence-corrected chi connectivity index (χ4v) is 6.10. The Morgan fingerprint density at radius 1 is 0.732 bits per heavy atom. The number of aliphatic hydroxyl groups excluding tert-OH is 2. The number of carbonyl (C=O) groups is 2. The van der Waals surface area contributed by atoms with Crippen molar-refractivity contribution in [3.05, 3.63) is 115 Å². The zero-order valence-corrected chi connectivity index (χ0v) is 33.0. The minimum absolute atomic E-state index is 0.00381. The number of nitrogens with zero attached hydrogens (tertiary/aromatic N) is 2. The Morgan fingerprint density at radius 2 is 1.25 bits per heavy atom. The van der Waals surface area contributed by atoms with E-state index < -0.39 is 53.3 Å². The number of fused-ring (bicyclic) bond motifs is 6.